The zero-order valence-corrected chi connectivity index (χ0v) is 20.0. The van der Waals surface area contributed by atoms with Gasteiger partial charge >= 0.3 is 6.18 Å². The number of hydrogen-bond acceptors (Lipinski definition) is 6. The fourth-order valence-corrected chi connectivity index (χ4v) is 5.38. The fraction of sp³-hybridized carbons (Fsp3) is 0.667. The quantitative estimate of drug-likeness (QED) is 0.636. The lowest BCUT2D eigenvalue weighted by Gasteiger charge is -2.36. The molecule has 11 heteroatoms. The zero-order valence-electron chi connectivity index (χ0n) is 20.0. The van der Waals surface area contributed by atoms with Crippen LogP contribution in [0.15, 0.2) is 12.5 Å². The summed E-state index contributed by atoms with van der Waals surface area (Å²) in [6.45, 7) is 7.56. The first kappa shape index (κ1) is 24.0. The van der Waals surface area contributed by atoms with E-state index in [-0.39, 0.29) is 23.1 Å². The van der Waals surface area contributed by atoms with Gasteiger partial charge in [0.05, 0.1) is 17.2 Å². The van der Waals surface area contributed by atoms with Gasteiger partial charge in [-0.15, -0.1) is 0 Å². The Morgan fingerprint density at radius 2 is 1.89 bits per heavy atom. The third-order valence-electron chi connectivity index (χ3n) is 7.38. The van der Waals surface area contributed by atoms with Gasteiger partial charge in [-0.2, -0.15) is 13.2 Å². The molecular formula is C24H32F3N7O. The molecule has 1 atom stereocenters. The van der Waals surface area contributed by atoms with E-state index in [9.17, 15) is 18.0 Å². The lowest BCUT2D eigenvalue weighted by molar-refractivity contribution is -0.156. The molecule has 3 aliphatic heterocycles. The van der Waals surface area contributed by atoms with Crippen LogP contribution in [0.1, 0.15) is 67.9 Å². The van der Waals surface area contributed by atoms with Crippen LogP contribution in [-0.4, -0.2) is 69.2 Å². The molecule has 0 aliphatic carbocycles. The van der Waals surface area contributed by atoms with Crippen LogP contribution in [0.3, 0.4) is 0 Å². The molecule has 0 radical (unpaired) electrons. The minimum absolute atomic E-state index is 0.0145. The SMILES string of the molecule is CCCc1cn(CCN2CCC2)c(C2CCN(c3ncnc4c3C(C(F)(F)F)CC(=O)N4)CC2)n1. The van der Waals surface area contributed by atoms with Gasteiger partial charge in [0.2, 0.25) is 5.91 Å². The third-order valence-corrected chi connectivity index (χ3v) is 7.38. The Labute approximate surface area is 202 Å². The predicted molar refractivity (Wildman–Crippen MR) is 126 cm³/mol. The second-order valence-electron chi connectivity index (χ2n) is 9.80. The smallest absolute Gasteiger partial charge is 0.356 e. The first-order chi connectivity index (χ1) is 16.8. The van der Waals surface area contributed by atoms with E-state index in [1.165, 1.54) is 12.7 Å². The molecular weight excluding hydrogens is 459 g/mol. The van der Waals surface area contributed by atoms with Gasteiger partial charge in [0.25, 0.3) is 0 Å². The Morgan fingerprint density at radius 3 is 2.54 bits per heavy atom. The highest BCUT2D eigenvalue weighted by atomic mass is 19.4. The Balaban J connectivity index is 1.33. The van der Waals surface area contributed by atoms with Crippen molar-refractivity contribution in [2.75, 3.05) is 42.9 Å². The number of piperidine rings is 1. The summed E-state index contributed by atoms with van der Waals surface area (Å²) >= 11 is 0. The zero-order chi connectivity index (χ0) is 24.6. The van der Waals surface area contributed by atoms with Crippen LogP contribution in [-0.2, 0) is 17.8 Å². The number of carbonyl (C=O) groups is 1. The summed E-state index contributed by atoms with van der Waals surface area (Å²) < 4.78 is 43.8. The lowest BCUT2D eigenvalue weighted by atomic mass is 9.90. The van der Waals surface area contributed by atoms with Crippen molar-refractivity contribution < 1.29 is 18.0 Å². The van der Waals surface area contributed by atoms with Gasteiger partial charge in [0.15, 0.2) is 0 Å². The highest BCUT2D eigenvalue weighted by molar-refractivity contribution is 5.94. The number of imidazole rings is 1. The second-order valence-corrected chi connectivity index (χ2v) is 9.80. The van der Waals surface area contributed by atoms with Crippen molar-refractivity contribution in [1.82, 2.24) is 24.4 Å². The number of aromatic nitrogens is 4. The number of nitrogens with one attached hydrogen (secondary N) is 1. The maximum absolute atomic E-state index is 13.8. The van der Waals surface area contributed by atoms with Crippen LogP contribution >= 0.6 is 0 Å². The summed E-state index contributed by atoms with van der Waals surface area (Å²) in [6, 6.07) is 0. The molecule has 2 aromatic rings. The first-order valence-corrected chi connectivity index (χ1v) is 12.6. The Morgan fingerprint density at radius 1 is 1.11 bits per heavy atom. The number of alkyl halides is 3. The molecule has 2 aromatic heterocycles. The number of aryl methyl sites for hydroxylation is 1. The highest BCUT2D eigenvalue weighted by Crippen LogP contribution is 2.46. The largest absolute Gasteiger partial charge is 0.396 e. The van der Waals surface area contributed by atoms with Crippen LogP contribution in [0.5, 0.6) is 0 Å². The van der Waals surface area contributed by atoms with E-state index < -0.39 is 24.4 Å². The lowest BCUT2D eigenvalue weighted by Crippen LogP contribution is -2.40. The van der Waals surface area contributed by atoms with E-state index in [0.717, 1.165) is 63.4 Å². The van der Waals surface area contributed by atoms with Gasteiger partial charge in [-0.05, 0) is 38.8 Å². The maximum atomic E-state index is 13.8. The second kappa shape index (κ2) is 9.75. The Kier molecular flexibility index (Phi) is 6.69. The van der Waals surface area contributed by atoms with Crippen LogP contribution in [0.4, 0.5) is 24.8 Å². The molecule has 190 valence electrons. The Bertz CT molecular complexity index is 1060. The average Bonchev–Trinajstić information content (AvgIpc) is 3.19. The van der Waals surface area contributed by atoms with Crippen molar-refractivity contribution in [2.45, 2.75) is 70.0 Å². The van der Waals surface area contributed by atoms with Gasteiger partial charge in [-0.1, -0.05) is 13.3 Å². The normalized spacial score (nSPS) is 21.5. The monoisotopic (exact) mass is 491 g/mol. The van der Waals surface area contributed by atoms with Crippen molar-refractivity contribution in [3.8, 4) is 0 Å². The number of halogens is 3. The third kappa shape index (κ3) is 5.00. The van der Waals surface area contributed by atoms with Crippen molar-refractivity contribution in [3.63, 3.8) is 0 Å². The molecule has 3 aliphatic rings. The number of nitrogens with zero attached hydrogens (tertiary/aromatic N) is 6. The van der Waals surface area contributed by atoms with E-state index in [4.69, 9.17) is 4.98 Å². The summed E-state index contributed by atoms with van der Waals surface area (Å²) in [6.07, 6.45) is 3.06. The molecule has 5 rings (SSSR count). The molecule has 1 N–H and O–H groups in total. The van der Waals surface area contributed by atoms with Crippen molar-refractivity contribution in [3.05, 3.63) is 29.6 Å². The molecule has 8 nitrogen and oxygen atoms in total. The van der Waals surface area contributed by atoms with Crippen molar-refractivity contribution >= 4 is 17.5 Å². The molecule has 1 amide bonds. The highest BCUT2D eigenvalue weighted by Gasteiger charge is 2.48. The molecule has 0 spiro atoms. The first-order valence-electron chi connectivity index (χ1n) is 12.6. The molecule has 0 aromatic carbocycles. The molecule has 2 saturated heterocycles. The van der Waals surface area contributed by atoms with Crippen molar-refractivity contribution in [1.29, 1.82) is 0 Å². The van der Waals surface area contributed by atoms with Gasteiger partial charge in [0.1, 0.15) is 23.8 Å². The van der Waals surface area contributed by atoms with E-state index in [1.54, 1.807) is 0 Å². The topological polar surface area (TPSA) is 79.2 Å². The number of amides is 1. The van der Waals surface area contributed by atoms with Gasteiger partial charge in [-0.3, -0.25) is 4.79 Å². The standard InChI is InChI=1S/C24H32F3N7O/c1-2-4-17-14-34(12-11-32-7-3-8-32)22(30-17)16-5-9-33(10-6-16)23-20-18(24(25,26)27)13-19(35)31-21(20)28-15-29-23/h14-16,18H,2-13H2,1H3,(H,28,29,31,35). The van der Waals surface area contributed by atoms with Crippen LogP contribution in [0.25, 0.3) is 0 Å². The molecule has 2 fully saturated rings. The van der Waals surface area contributed by atoms with Gasteiger partial charge in [0, 0.05) is 44.7 Å². The summed E-state index contributed by atoms with van der Waals surface area (Å²) in [7, 11) is 0. The number of likely N-dealkylation sites (tertiary alicyclic amines) is 1. The van der Waals surface area contributed by atoms with Crippen LogP contribution < -0.4 is 10.2 Å². The molecule has 5 heterocycles. The van der Waals surface area contributed by atoms with Gasteiger partial charge in [-0.25, -0.2) is 15.0 Å². The van der Waals surface area contributed by atoms with E-state index in [2.05, 4.69) is 37.9 Å². The molecule has 35 heavy (non-hydrogen) atoms. The van der Waals surface area contributed by atoms with Crippen LogP contribution in [0.2, 0.25) is 0 Å². The van der Waals surface area contributed by atoms with E-state index in [0.29, 0.717) is 13.1 Å². The number of fused-ring (bicyclic) bond motifs is 1. The summed E-state index contributed by atoms with van der Waals surface area (Å²) in [4.78, 5) is 29.4. The Hall–Kier alpha value is -2.69. The molecule has 0 saturated carbocycles. The number of carbonyl (C=O) groups excluding carboxylic acids is 1. The predicted octanol–water partition coefficient (Wildman–Crippen LogP) is 3.70. The number of rotatable bonds is 7. The van der Waals surface area contributed by atoms with E-state index in [1.807, 2.05) is 4.90 Å². The molecule has 0 bridgehead atoms. The summed E-state index contributed by atoms with van der Waals surface area (Å²) in [5.74, 6) is -0.957. The summed E-state index contributed by atoms with van der Waals surface area (Å²) in [5, 5.41) is 2.50. The maximum Gasteiger partial charge on any atom is 0.396 e. The van der Waals surface area contributed by atoms with E-state index >= 15 is 0 Å². The summed E-state index contributed by atoms with van der Waals surface area (Å²) in [5.41, 5.74) is 1.10. The van der Waals surface area contributed by atoms with Crippen molar-refractivity contribution in [2.24, 2.45) is 0 Å². The number of anilines is 2. The average molecular weight is 492 g/mol. The van der Waals surface area contributed by atoms with Crippen LogP contribution in [0, 0.1) is 0 Å². The minimum Gasteiger partial charge on any atom is -0.356 e. The number of hydrogen-bond donors (Lipinski definition) is 1. The van der Waals surface area contributed by atoms with Gasteiger partial charge < -0.3 is 19.7 Å². The minimum atomic E-state index is -4.54. The molecule has 1 unspecified atom stereocenters. The fourth-order valence-electron chi connectivity index (χ4n) is 5.38.